The summed E-state index contributed by atoms with van der Waals surface area (Å²) in [6.07, 6.45) is 1.42. The fraction of sp³-hybridized carbons (Fsp3) is 0.200. The quantitative estimate of drug-likeness (QED) is 0.779. The zero-order valence-electron chi connectivity index (χ0n) is 11.1. The number of H-pyrrole nitrogens is 1. The van der Waals surface area contributed by atoms with Gasteiger partial charge in [-0.05, 0) is 18.1 Å². The van der Waals surface area contributed by atoms with Crippen LogP contribution in [0.3, 0.4) is 0 Å². The third-order valence-corrected chi connectivity index (χ3v) is 2.96. The number of aromatic amines is 1. The average Bonchev–Trinajstić information content (AvgIpc) is 2.45. The molecule has 1 aromatic heterocycles. The fourth-order valence-electron chi connectivity index (χ4n) is 1.79. The Labute approximate surface area is 116 Å². The smallest absolute Gasteiger partial charge is 0.257 e. The Morgan fingerprint density at radius 3 is 2.50 bits per heavy atom. The second-order valence-corrected chi connectivity index (χ2v) is 4.55. The van der Waals surface area contributed by atoms with Crippen molar-refractivity contribution >= 4 is 5.91 Å². The second kappa shape index (κ2) is 6.16. The van der Waals surface area contributed by atoms with Gasteiger partial charge in [0, 0.05) is 24.5 Å². The minimum Gasteiger partial charge on any atom is -0.392 e. The van der Waals surface area contributed by atoms with E-state index in [0.29, 0.717) is 12.2 Å². The summed E-state index contributed by atoms with van der Waals surface area (Å²) in [5.41, 5.74) is 2.23. The third-order valence-electron chi connectivity index (χ3n) is 2.96. The van der Waals surface area contributed by atoms with E-state index in [1.165, 1.54) is 12.3 Å². The maximum absolute atomic E-state index is 11.9. The monoisotopic (exact) mass is 272 g/mol. The number of pyridine rings is 1. The third kappa shape index (κ3) is 3.33. The molecule has 5 heteroatoms. The Morgan fingerprint density at radius 2 is 1.90 bits per heavy atom. The highest BCUT2D eigenvalue weighted by Gasteiger charge is 2.09. The van der Waals surface area contributed by atoms with Crippen LogP contribution in [-0.4, -0.2) is 16.0 Å². The standard InChI is InChI=1S/C15H16N2O3/c1-10-6-14(19)13(8-16-10)15(20)17-7-11-2-4-12(9-18)5-3-11/h2-6,8,18H,7,9H2,1H3,(H,16,19)(H,17,20). The zero-order chi connectivity index (χ0) is 14.5. The van der Waals surface area contributed by atoms with Gasteiger partial charge in [-0.3, -0.25) is 9.59 Å². The normalized spacial score (nSPS) is 10.3. The molecule has 0 spiro atoms. The Bertz CT molecular complexity index is 660. The SMILES string of the molecule is Cc1cc(=O)c(C(=O)NCc2ccc(CO)cc2)c[nH]1. The van der Waals surface area contributed by atoms with Crippen LogP contribution in [0, 0.1) is 6.92 Å². The summed E-state index contributed by atoms with van der Waals surface area (Å²) < 4.78 is 0. The molecule has 0 unspecified atom stereocenters. The van der Waals surface area contributed by atoms with Crippen molar-refractivity contribution in [3.05, 3.63) is 69.1 Å². The van der Waals surface area contributed by atoms with Crippen LogP contribution in [0.4, 0.5) is 0 Å². The van der Waals surface area contributed by atoms with E-state index in [9.17, 15) is 9.59 Å². The van der Waals surface area contributed by atoms with Gasteiger partial charge in [0.15, 0.2) is 5.43 Å². The molecule has 0 aliphatic rings. The van der Waals surface area contributed by atoms with Crippen molar-refractivity contribution in [3.63, 3.8) is 0 Å². The number of carbonyl (C=O) groups is 1. The van der Waals surface area contributed by atoms with Gasteiger partial charge < -0.3 is 15.4 Å². The van der Waals surface area contributed by atoms with Crippen LogP contribution in [0.2, 0.25) is 0 Å². The van der Waals surface area contributed by atoms with Crippen LogP contribution in [0.5, 0.6) is 0 Å². The summed E-state index contributed by atoms with van der Waals surface area (Å²) in [5.74, 6) is -0.405. The zero-order valence-corrected chi connectivity index (χ0v) is 11.1. The van der Waals surface area contributed by atoms with E-state index in [0.717, 1.165) is 11.1 Å². The molecule has 1 heterocycles. The minimum absolute atomic E-state index is 0.00855. The van der Waals surface area contributed by atoms with Crippen molar-refractivity contribution in [2.45, 2.75) is 20.1 Å². The predicted molar refractivity (Wildman–Crippen MR) is 75.3 cm³/mol. The number of aliphatic hydroxyl groups excluding tert-OH is 1. The van der Waals surface area contributed by atoms with Crippen molar-refractivity contribution < 1.29 is 9.90 Å². The van der Waals surface area contributed by atoms with Crippen LogP contribution in [0.25, 0.3) is 0 Å². The van der Waals surface area contributed by atoms with Crippen LogP contribution in [0.15, 0.2) is 41.3 Å². The van der Waals surface area contributed by atoms with E-state index in [2.05, 4.69) is 10.3 Å². The number of carbonyl (C=O) groups excluding carboxylic acids is 1. The van der Waals surface area contributed by atoms with Crippen LogP contribution in [-0.2, 0) is 13.2 Å². The molecule has 0 saturated carbocycles. The molecular formula is C15H16N2O3. The Hall–Kier alpha value is -2.40. The Kier molecular flexibility index (Phi) is 4.32. The molecule has 3 N–H and O–H groups in total. The summed E-state index contributed by atoms with van der Waals surface area (Å²) in [6.45, 7) is 2.08. The van der Waals surface area contributed by atoms with Gasteiger partial charge in [0.1, 0.15) is 5.56 Å². The van der Waals surface area contributed by atoms with E-state index in [4.69, 9.17) is 5.11 Å². The number of benzene rings is 1. The fourth-order valence-corrected chi connectivity index (χ4v) is 1.79. The summed E-state index contributed by atoms with van der Waals surface area (Å²) in [6, 6.07) is 8.63. The first-order valence-electron chi connectivity index (χ1n) is 6.26. The highest BCUT2D eigenvalue weighted by molar-refractivity contribution is 5.93. The first-order chi connectivity index (χ1) is 9.60. The summed E-state index contributed by atoms with van der Waals surface area (Å²) in [7, 11) is 0. The molecule has 5 nitrogen and oxygen atoms in total. The highest BCUT2D eigenvalue weighted by atomic mass is 16.3. The van der Waals surface area contributed by atoms with Crippen molar-refractivity contribution in [3.8, 4) is 0 Å². The number of hydrogen-bond acceptors (Lipinski definition) is 3. The summed E-state index contributed by atoms with van der Waals surface area (Å²) in [5, 5.41) is 11.6. The maximum Gasteiger partial charge on any atom is 0.257 e. The molecule has 104 valence electrons. The molecule has 2 aromatic rings. The summed E-state index contributed by atoms with van der Waals surface area (Å²) >= 11 is 0. The molecule has 0 aliphatic heterocycles. The van der Waals surface area contributed by atoms with Crippen molar-refractivity contribution in [2.75, 3.05) is 0 Å². The molecule has 0 aliphatic carbocycles. The number of aryl methyl sites for hydroxylation is 1. The lowest BCUT2D eigenvalue weighted by atomic mass is 10.1. The lowest BCUT2D eigenvalue weighted by molar-refractivity contribution is 0.0949. The second-order valence-electron chi connectivity index (χ2n) is 4.55. The molecule has 0 radical (unpaired) electrons. The van der Waals surface area contributed by atoms with E-state index >= 15 is 0 Å². The van der Waals surface area contributed by atoms with E-state index in [1.807, 2.05) is 12.1 Å². The Balaban J connectivity index is 2.02. The number of nitrogens with one attached hydrogen (secondary N) is 2. The molecule has 0 bridgehead atoms. The van der Waals surface area contributed by atoms with E-state index < -0.39 is 5.91 Å². The predicted octanol–water partition coefficient (Wildman–Crippen LogP) is 1.11. The largest absolute Gasteiger partial charge is 0.392 e. The molecule has 0 saturated heterocycles. The van der Waals surface area contributed by atoms with Gasteiger partial charge in [0.05, 0.1) is 6.61 Å². The van der Waals surface area contributed by atoms with Crippen molar-refractivity contribution in [1.82, 2.24) is 10.3 Å². The number of aromatic nitrogens is 1. The molecule has 1 aromatic carbocycles. The van der Waals surface area contributed by atoms with Gasteiger partial charge in [-0.25, -0.2) is 0 Å². The molecule has 1 amide bonds. The topological polar surface area (TPSA) is 82.2 Å². The molecule has 0 atom stereocenters. The first kappa shape index (κ1) is 14.0. The van der Waals surface area contributed by atoms with Gasteiger partial charge in [0.25, 0.3) is 5.91 Å². The molecular weight excluding hydrogens is 256 g/mol. The van der Waals surface area contributed by atoms with Crippen molar-refractivity contribution in [2.24, 2.45) is 0 Å². The number of amides is 1. The molecule has 2 rings (SSSR count). The van der Waals surface area contributed by atoms with Crippen LogP contribution in [0.1, 0.15) is 27.2 Å². The Morgan fingerprint density at radius 1 is 1.25 bits per heavy atom. The van der Waals surface area contributed by atoms with Gasteiger partial charge >= 0.3 is 0 Å². The van der Waals surface area contributed by atoms with E-state index in [1.54, 1.807) is 19.1 Å². The van der Waals surface area contributed by atoms with Gasteiger partial charge in [-0.15, -0.1) is 0 Å². The lowest BCUT2D eigenvalue weighted by Gasteiger charge is -2.06. The average molecular weight is 272 g/mol. The van der Waals surface area contributed by atoms with Gasteiger partial charge in [0.2, 0.25) is 0 Å². The first-order valence-corrected chi connectivity index (χ1v) is 6.26. The van der Waals surface area contributed by atoms with Gasteiger partial charge in [-0.2, -0.15) is 0 Å². The molecule has 20 heavy (non-hydrogen) atoms. The number of hydrogen-bond donors (Lipinski definition) is 3. The highest BCUT2D eigenvalue weighted by Crippen LogP contribution is 2.04. The molecule has 0 fully saturated rings. The summed E-state index contributed by atoms with van der Waals surface area (Å²) in [4.78, 5) is 26.4. The van der Waals surface area contributed by atoms with Crippen molar-refractivity contribution in [1.29, 1.82) is 0 Å². The maximum atomic E-state index is 11.9. The minimum atomic E-state index is -0.405. The number of rotatable bonds is 4. The van der Waals surface area contributed by atoms with Crippen LogP contribution < -0.4 is 10.7 Å². The van der Waals surface area contributed by atoms with Crippen LogP contribution >= 0.6 is 0 Å². The number of aliphatic hydroxyl groups is 1. The lowest BCUT2D eigenvalue weighted by Crippen LogP contribution is -2.28. The van der Waals surface area contributed by atoms with E-state index in [-0.39, 0.29) is 17.6 Å². The van der Waals surface area contributed by atoms with Gasteiger partial charge in [-0.1, -0.05) is 24.3 Å².